The second-order valence-corrected chi connectivity index (χ2v) is 7.36. The first-order valence-electron chi connectivity index (χ1n) is 8.38. The highest BCUT2D eigenvalue weighted by molar-refractivity contribution is 5.68. The predicted octanol–water partition coefficient (Wildman–Crippen LogP) is 5.65. The molecule has 0 aliphatic heterocycles. The van der Waals surface area contributed by atoms with Crippen molar-refractivity contribution >= 4 is 6.09 Å². The quantitative estimate of drug-likeness (QED) is 0.724. The fraction of sp³-hybridized carbons (Fsp3) is 0.350. The highest BCUT2D eigenvalue weighted by Crippen LogP contribution is 2.44. The zero-order valence-electron chi connectivity index (χ0n) is 14.5. The molecule has 0 aromatic heterocycles. The molecule has 1 amide bonds. The van der Waals surface area contributed by atoms with Gasteiger partial charge in [-0.25, -0.2) is 4.79 Å². The minimum Gasteiger partial charge on any atom is -0.465 e. The van der Waals surface area contributed by atoms with Crippen molar-refractivity contribution in [1.29, 1.82) is 0 Å². The summed E-state index contributed by atoms with van der Waals surface area (Å²) in [5.74, 6) is 0. The van der Waals surface area contributed by atoms with Crippen molar-refractivity contribution < 1.29 is 23.1 Å². The molecule has 26 heavy (non-hydrogen) atoms. The number of rotatable bonds is 2. The van der Waals surface area contributed by atoms with Gasteiger partial charge in [-0.15, -0.1) is 0 Å². The van der Waals surface area contributed by atoms with E-state index < -0.39 is 17.8 Å². The Morgan fingerprint density at radius 2 is 1.73 bits per heavy atom. The summed E-state index contributed by atoms with van der Waals surface area (Å²) in [6.07, 6.45) is -3.76. The molecule has 1 unspecified atom stereocenters. The van der Waals surface area contributed by atoms with Crippen molar-refractivity contribution in [2.24, 2.45) is 5.41 Å². The van der Waals surface area contributed by atoms with Gasteiger partial charge in [-0.2, -0.15) is 13.2 Å². The molecule has 6 heteroatoms. The third-order valence-electron chi connectivity index (χ3n) is 5.09. The molecule has 2 aromatic carbocycles. The van der Waals surface area contributed by atoms with Gasteiger partial charge in [-0.1, -0.05) is 38.1 Å². The maximum atomic E-state index is 12.7. The van der Waals surface area contributed by atoms with Gasteiger partial charge in [0.2, 0.25) is 0 Å². The number of nitrogens with one attached hydrogen (secondary N) is 1. The summed E-state index contributed by atoms with van der Waals surface area (Å²) >= 11 is 0. The first-order valence-corrected chi connectivity index (χ1v) is 8.38. The molecule has 2 N–H and O–H groups in total. The van der Waals surface area contributed by atoms with Gasteiger partial charge in [0.25, 0.3) is 0 Å². The lowest BCUT2D eigenvalue weighted by atomic mass is 9.70. The second-order valence-electron chi connectivity index (χ2n) is 7.36. The van der Waals surface area contributed by atoms with E-state index in [2.05, 4.69) is 5.32 Å². The van der Waals surface area contributed by atoms with Gasteiger partial charge in [-0.05, 0) is 58.7 Å². The van der Waals surface area contributed by atoms with E-state index in [0.29, 0.717) is 5.56 Å². The van der Waals surface area contributed by atoms with Gasteiger partial charge in [0.1, 0.15) is 0 Å². The lowest BCUT2D eigenvalue weighted by Gasteiger charge is -2.40. The lowest BCUT2D eigenvalue weighted by Crippen LogP contribution is -2.40. The van der Waals surface area contributed by atoms with Crippen molar-refractivity contribution in [3.63, 3.8) is 0 Å². The molecular formula is C20H20F3NO2. The van der Waals surface area contributed by atoms with E-state index in [1.54, 1.807) is 0 Å². The Morgan fingerprint density at radius 1 is 1.12 bits per heavy atom. The standard InChI is InChI=1S/C20H20F3NO2/c1-19(2)10-9-13-3-4-14(11-16(13)17(19)24-18(25)26)12-5-7-15(8-6-12)20(21,22)23/h3-8,11,17,24H,9-10H2,1-2H3,(H,25,26). The first-order chi connectivity index (χ1) is 12.1. The van der Waals surface area contributed by atoms with Crippen LogP contribution in [-0.2, 0) is 12.6 Å². The number of benzene rings is 2. The Labute approximate surface area is 149 Å². The van der Waals surface area contributed by atoms with Crippen molar-refractivity contribution in [2.45, 2.75) is 38.9 Å². The molecule has 2 aromatic rings. The molecule has 1 aliphatic rings. The summed E-state index contributed by atoms with van der Waals surface area (Å²) in [4.78, 5) is 11.2. The molecule has 0 saturated heterocycles. The highest BCUT2D eigenvalue weighted by Gasteiger charge is 2.37. The zero-order valence-corrected chi connectivity index (χ0v) is 14.5. The number of hydrogen-bond donors (Lipinski definition) is 2. The van der Waals surface area contributed by atoms with Crippen LogP contribution < -0.4 is 5.32 Å². The number of aryl methyl sites for hydroxylation is 1. The largest absolute Gasteiger partial charge is 0.465 e. The van der Waals surface area contributed by atoms with Crippen LogP contribution in [0.25, 0.3) is 11.1 Å². The van der Waals surface area contributed by atoms with Gasteiger partial charge < -0.3 is 10.4 Å². The van der Waals surface area contributed by atoms with Crippen LogP contribution in [0.15, 0.2) is 42.5 Å². The Hall–Kier alpha value is -2.50. The molecule has 0 bridgehead atoms. The van der Waals surface area contributed by atoms with Gasteiger partial charge in [0, 0.05) is 0 Å². The summed E-state index contributed by atoms with van der Waals surface area (Å²) in [7, 11) is 0. The number of carboxylic acid groups (broad SMARTS) is 1. The highest BCUT2D eigenvalue weighted by atomic mass is 19.4. The monoisotopic (exact) mass is 363 g/mol. The number of alkyl halides is 3. The fourth-order valence-corrected chi connectivity index (χ4v) is 3.54. The van der Waals surface area contributed by atoms with E-state index >= 15 is 0 Å². The van der Waals surface area contributed by atoms with Gasteiger partial charge >= 0.3 is 12.3 Å². The Morgan fingerprint density at radius 3 is 2.31 bits per heavy atom. The first kappa shape index (κ1) is 18.3. The third-order valence-corrected chi connectivity index (χ3v) is 5.09. The molecule has 0 saturated carbocycles. The SMILES string of the molecule is CC1(C)CCc2ccc(-c3ccc(C(F)(F)F)cc3)cc2C1NC(=O)O. The second kappa shape index (κ2) is 6.34. The van der Waals surface area contributed by atoms with Crippen molar-refractivity contribution in [1.82, 2.24) is 5.32 Å². The summed E-state index contributed by atoms with van der Waals surface area (Å²) in [5.41, 5.74) is 2.46. The molecule has 0 spiro atoms. The van der Waals surface area contributed by atoms with E-state index in [9.17, 15) is 23.1 Å². The number of halogens is 3. The zero-order chi connectivity index (χ0) is 19.1. The molecule has 0 radical (unpaired) electrons. The maximum absolute atomic E-state index is 12.7. The maximum Gasteiger partial charge on any atom is 0.416 e. The van der Waals surface area contributed by atoms with Crippen LogP contribution in [0.5, 0.6) is 0 Å². The van der Waals surface area contributed by atoms with Gasteiger partial charge in [0.05, 0.1) is 11.6 Å². The van der Waals surface area contributed by atoms with Crippen molar-refractivity contribution in [3.05, 3.63) is 59.2 Å². The number of fused-ring (bicyclic) bond motifs is 1. The topological polar surface area (TPSA) is 49.3 Å². The Balaban J connectivity index is 2.01. The molecule has 3 nitrogen and oxygen atoms in total. The summed E-state index contributed by atoms with van der Waals surface area (Å²) < 4.78 is 38.2. The minimum absolute atomic E-state index is 0.246. The van der Waals surface area contributed by atoms with Crippen molar-refractivity contribution in [3.8, 4) is 11.1 Å². The number of carbonyl (C=O) groups is 1. The van der Waals surface area contributed by atoms with Crippen LogP contribution in [0.1, 0.15) is 43.0 Å². The van der Waals surface area contributed by atoms with Crippen molar-refractivity contribution in [2.75, 3.05) is 0 Å². The lowest BCUT2D eigenvalue weighted by molar-refractivity contribution is -0.137. The van der Waals surface area contributed by atoms with E-state index in [1.807, 2.05) is 32.0 Å². The molecule has 138 valence electrons. The smallest absolute Gasteiger partial charge is 0.416 e. The Kier molecular flexibility index (Phi) is 4.46. The molecular weight excluding hydrogens is 343 g/mol. The van der Waals surface area contributed by atoms with Crippen LogP contribution in [-0.4, -0.2) is 11.2 Å². The molecule has 0 heterocycles. The number of amides is 1. The average Bonchev–Trinajstić information content (AvgIpc) is 2.56. The predicted molar refractivity (Wildman–Crippen MR) is 92.9 cm³/mol. The third kappa shape index (κ3) is 3.54. The fourth-order valence-electron chi connectivity index (χ4n) is 3.54. The van der Waals surface area contributed by atoms with Gasteiger partial charge in [-0.3, -0.25) is 0 Å². The molecule has 3 rings (SSSR count). The van der Waals surface area contributed by atoms with E-state index in [-0.39, 0.29) is 11.5 Å². The minimum atomic E-state index is -4.37. The summed E-state index contributed by atoms with van der Waals surface area (Å²) in [6, 6.07) is 10.3. The average molecular weight is 363 g/mol. The normalized spacial score (nSPS) is 18.9. The van der Waals surface area contributed by atoms with E-state index in [1.165, 1.54) is 12.1 Å². The van der Waals surface area contributed by atoms with Crippen LogP contribution >= 0.6 is 0 Å². The van der Waals surface area contributed by atoms with Crippen LogP contribution in [0.3, 0.4) is 0 Å². The van der Waals surface area contributed by atoms with E-state index in [4.69, 9.17) is 0 Å². The van der Waals surface area contributed by atoms with E-state index in [0.717, 1.165) is 41.7 Å². The molecule has 1 aliphatic carbocycles. The molecule has 1 atom stereocenters. The Bertz CT molecular complexity index is 826. The number of hydrogen-bond acceptors (Lipinski definition) is 1. The van der Waals surface area contributed by atoms with Crippen LogP contribution in [0.2, 0.25) is 0 Å². The van der Waals surface area contributed by atoms with Gasteiger partial charge in [0.15, 0.2) is 0 Å². The van der Waals surface area contributed by atoms with Crippen LogP contribution in [0.4, 0.5) is 18.0 Å². The molecule has 0 fully saturated rings. The summed E-state index contributed by atoms with van der Waals surface area (Å²) in [6.45, 7) is 4.03. The van der Waals surface area contributed by atoms with Crippen LogP contribution in [0, 0.1) is 5.41 Å². The summed E-state index contributed by atoms with van der Waals surface area (Å²) in [5, 5.41) is 11.8.